The van der Waals surface area contributed by atoms with Gasteiger partial charge < -0.3 is 0 Å². The van der Waals surface area contributed by atoms with Crippen LogP contribution in [0, 0.1) is 0 Å². The van der Waals surface area contributed by atoms with E-state index >= 15 is 0 Å². The van der Waals surface area contributed by atoms with E-state index in [4.69, 9.17) is 0 Å². The first kappa shape index (κ1) is 13.5. The second kappa shape index (κ2) is 4.37. The average molecular weight is 317 g/mol. The third-order valence-electron chi connectivity index (χ3n) is 1.97. The molecule has 0 amide bonds. The van der Waals surface area contributed by atoms with Crippen molar-refractivity contribution in [2.45, 2.75) is 18.0 Å². The summed E-state index contributed by atoms with van der Waals surface area (Å²) in [5.74, 6) is -0.243. The maximum atomic E-state index is 12.4. The quantitative estimate of drug-likeness (QED) is 0.839. The number of rotatable bonds is 2. The van der Waals surface area contributed by atoms with Gasteiger partial charge in [0.1, 0.15) is 0 Å². The third-order valence-corrected chi connectivity index (χ3v) is 4.70. The predicted octanol–water partition coefficient (Wildman–Crippen LogP) is 3.26. The molecule has 1 aromatic carbocycles. The average Bonchev–Trinajstić information content (AvgIpc) is 2.16. The summed E-state index contributed by atoms with van der Waals surface area (Å²) in [6.07, 6.45) is -4.54. The van der Waals surface area contributed by atoms with Crippen molar-refractivity contribution in [3.63, 3.8) is 0 Å². The zero-order valence-electron chi connectivity index (χ0n) is 8.18. The maximum Gasteiger partial charge on any atom is 0.416 e. The molecule has 1 aromatic rings. The van der Waals surface area contributed by atoms with Gasteiger partial charge in [-0.1, -0.05) is 6.92 Å². The first-order chi connectivity index (χ1) is 7.18. The van der Waals surface area contributed by atoms with E-state index < -0.39 is 21.6 Å². The molecule has 0 aromatic heterocycles. The van der Waals surface area contributed by atoms with E-state index in [-0.39, 0.29) is 15.1 Å². The van der Waals surface area contributed by atoms with E-state index in [0.717, 1.165) is 12.1 Å². The van der Waals surface area contributed by atoms with Gasteiger partial charge in [0, 0.05) is 4.47 Å². The Balaban J connectivity index is 3.42. The molecule has 0 saturated heterocycles. The van der Waals surface area contributed by atoms with Crippen LogP contribution in [0.2, 0.25) is 0 Å². The Morgan fingerprint density at radius 3 is 2.31 bits per heavy atom. The highest BCUT2D eigenvalue weighted by Gasteiger charge is 2.32. The maximum absolute atomic E-state index is 12.4. The standard InChI is InChI=1S/C9H8BrF3O2S/c1-2-16(14,15)8-5-6(9(11,12)13)3-4-7(8)10/h3-5H,2H2,1H3. The Bertz CT molecular complexity index is 494. The molecular formula is C9H8BrF3O2S. The predicted molar refractivity (Wildman–Crippen MR) is 56.9 cm³/mol. The van der Waals surface area contributed by atoms with Gasteiger partial charge >= 0.3 is 6.18 Å². The molecule has 0 heterocycles. The lowest BCUT2D eigenvalue weighted by Crippen LogP contribution is -2.09. The summed E-state index contributed by atoms with van der Waals surface area (Å²) in [5.41, 5.74) is -0.970. The number of alkyl halides is 3. The minimum absolute atomic E-state index is 0.141. The van der Waals surface area contributed by atoms with Crippen LogP contribution in [0.4, 0.5) is 13.2 Å². The van der Waals surface area contributed by atoms with Gasteiger partial charge in [-0.15, -0.1) is 0 Å². The first-order valence-corrected chi connectivity index (χ1v) is 6.72. The number of benzene rings is 1. The smallest absolute Gasteiger partial charge is 0.224 e. The van der Waals surface area contributed by atoms with Crippen molar-refractivity contribution in [3.8, 4) is 0 Å². The van der Waals surface area contributed by atoms with Crippen LogP contribution in [0.15, 0.2) is 27.6 Å². The lowest BCUT2D eigenvalue weighted by Gasteiger charge is -2.10. The summed E-state index contributed by atoms with van der Waals surface area (Å²) in [5, 5.41) is 0. The van der Waals surface area contributed by atoms with Crippen molar-refractivity contribution in [1.82, 2.24) is 0 Å². The van der Waals surface area contributed by atoms with Gasteiger partial charge in [0.15, 0.2) is 9.84 Å². The number of hydrogen-bond donors (Lipinski definition) is 0. The Labute approximate surface area is 99.5 Å². The highest BCUT2D eigenvalue weighted by molar-refractivity contribution is 9.10. The van der Waals surface area contributed by atoms with Crippen LogP contribution < -0.4 is 0 Å². The molecule has 2 nitrogen and oxygen atoms in total. The molecule has 90 valence electrons. The molecule has 0 N–H and O–H groups in total. The summed E-state index contributed by atoms with van der Waals surface area (Å²) in [6, 6.07) is 2.56. The fourth-order valence-electron chi connectivity index (χ4n) is 1.07. The summed E-state index contributed by atoms with van der Waals surface area (Å²) >= 11 is 2.93. The minimum atomic E-state index is -4.54. The van der Waals surface area contributed by atoms with Crippen LogP contribution in [0.3, 0.4) is 0 Å². The van der Waals surface area contributed by atoms with Crippen molar-refractivity contribution in [2.24, 2.45) is 0 Å². The number of halogens is 4. The molecule has 0 spiro atoms. The molecule has 0 bridgehead atoms. The molecule has 7 heteroatoms. The van der Waals surface area contributed by atoms with Crippen LogP contribution in [-0.2, 0) is 16.0 Å². The van der Waals surface area contributed by atoms with Crippen molar-refractivity contribution in [3.05, 3.63) is 28.2 Å². The van der Waals surface area contributed by atoms with Crippen molar-refractivity contribution in [1.29, 1.82) is 0 Å². The molecule has 0 fully saturated rings. The normalized spacial score (nSPS) is 12.8. The van der Waals surface area contributed by atoms with E-state index in [1.165, 1.54) is 6.92 Å². The van der Waals surface area contributed by atoms with E-state index in [9.17, 15) is 21.6 Å². The number of sulfone groups is 1. The highest BCUT2D eigenvalue weighted by Crippen LogP contribution is 2.33. The Morgan fingerprint density at radius 2 is 1.88 bits per heavy atom. The van der Waals surface area contributed by atoms with Gasteiger partial charge in [-0.3, -0.25) is 0 Å². The van der Waals surface area contributed by atoms with Gasteiger partial charge in [-0.05, 0) is 34.1 Å². The molecular weight excluding hydrogens is 309 g/mol. The Hall–Kier alpha value is -0.560. The first-order valence-electron chi connectivity index (χ1n) is 4.28. The Morgan fingerprint density at radius 1 is 1.31 bits per heavy atom. The van der Waals surface area contributed by atoms with E-state index in [1.54, 1.807) is 0 Å². The second-order valence-corrected chi connectivity index (χ2v) is 6.15. The van der Waals surface area contributed by atoms with E-state index in [2.05, 4.69) is 15.9 Å². The monoisotopic (exact) mass is 316 g/mol. The molecule has 0 atom stereocenters. The lowest BCUT2D eigenvalue weighted by atomic mass is 10.2. The van der Waals surface area contributed by atoms with Gasteiger partial charge in [0.2, 0.25) is 0 Å². The summed E-state index contributed by atoms with van der Waals surface area (Å²) in [4.78, 5) is -0.329. The largest absolute Gasteiger partial charge is 0.416 e. The van der Waals surface area contributed by atoms with Crippen molar-refractivity contribution < 1.29 is 21.6 Å². The summed E-state index contributed by atoms with van der Waals surface area (Å²) < 4.78 is 60.3. The van der Waals surface area contributed by atoms with Crippen molar-refractivity contribution >= 4 is 25.8 Å². The van der Waals surface area contributed by atoms with Gasteiger partial charge in [0.25, 0.3) is 0 Å². The van der Waals surface area contributed by atoms with E-state index in [0.29, 0.717) is 6.07 Å². The van der Waals surface area contributed by atoms with Gasteiger partial charge in [0.05, 0.1) is 16.2 Å². The molecule has 1 rings (SSSR count). The topological polar surface area (TPSA) is 34.1 Å². The zero-order valence-corrected chi connectivity index (χ0v) is 10.6. The molecule has 16 heavy (non-hydrogen) atoms. The molecule has 0 radical (unpaired) electrons. The Kier molecular flexibility index (Phi) is 3.69. The molecule has 0 unspecified atom stereocenters. The minimum Gasteiger partial charge on any atom is -0.224 e. The van der Waals surface area contributed by atoms with Crippen molar-refractivity contribution in [2.75, 3.05) is 5.75 Å². The van der Waals surface area contributed by atoms with Gasteiger partial charge in [-0.2, -0.15) is 13.2 Å². The lowest BCUT2D eigenvalue weighted by molar-refractivity contribution is -0.137. The fourth-order valence-corrected chi connectivity index (χ4v) is 3.04. The summed E-state index contributed by atoms with van der Waals surface area (Å²) in [7, 11) is -3.66. The highest BCUT2D eigenvalue weighted by atomic mass is 79.9. The summed E-state index contributed by atoms with van der Waals surface area (Å²) in [6.45, 7) is 1.38. The SMILES string of the molecule is CCS(=O)(=O)c1cc(C(F)(F)F)ccc1Br. The van der Waals surface area contributed by atoms with Crippen LogP contribution in [0.5, 0.6) is 0 Å². The van der Waals surface area contributed by atoms with E-state index in [1.807, 2.05) is 0 Å². The molecule has 0 saturated carbocycles. The fraction of sp³-hybridized carbons (Fsp3) is 0.333. The molecule has 0 aliphatic heterocycles. The van der Waals surface area contributed by atoms with Crippen LogP contribution in [0.1, 0.15) is 12.5 Å². The van der Waals surface area contributed by atoms with Crippen LogP contribution in [-0.4, -0.2) is 14.2 Å². The molecule has 0 aliphatic rings. The third kappa shape index (κ3) is 2.76. The van der Waals surface area contributed by atoms with Gasteiger partial charge in [-0.25, -0.2) is 8.42 Å². The number of hydrogen-bond acceptors (Lipinski definition) is 2. The zero-order chi connectivity index (χ0) is 12.6. The van der Waals surface area contributed by atoms with Crippen LogP contribution in [0.25, 0.3) is 0 Å². The van der Waals surface area contributed by atoms with Crippen LogP contribution >= 0.6 is 15.9 Å². The second-order valence-electron chi connectivity index (χ2n) is 3.05. The molecule has 0 aliphatic carbocycles.